The Labute approximate surface area is 115 Å². The van der Waals surface area contributed by atoms with Crippen molar-refractivity contribution in [1.29, 1.82) is 0 Å². The van der Waals surface area contributed by atoms with Crippen LogP contribution in [0.5, 0.6) is 0 Å². The molecule has 2 aromatic carbocycles. The maximum atomic E-state index is 3.64. The highest BCUT2D eigenvalue weighted by Crippen LogP contribution is 2.25. The quantitative estimate of drug-likeness (QED) is 0.903. The zero-order valence-electron chi connectivity index (χ0n) is 11.8. The SMILES string of the molecule is CC(C)NC1CCN(c2ccc3ccccc3c2)C1. The summed E-state index contributed by atoms with van der Waals surface area (Å²) in [5.74, 6) is 0. The summed E-state index contributed by atoms with van der Waals surface area (Å²) < 4.78 is 0. The van der Waals surface area contributed by atoms with Gasteiger partial charge in [0.05, 0.1) is 0 Å². The average Bonchev–Trinajstić information content (AvgIpc) is 2.86. The zero-order chi connectivity index (χ0) is 13.2. The minimum atomic E-state index is 0.571. The molecule has 100 valence electrons. The van der Waals surface area contributed by atoms with Gasteiger partial charge in [0, 0.05) is 30.9 Å². The Kier molecular flexibility index (Phi) is 3.43. The normalized spacial score (nSPS) is 19.5. The van der Waals surface area contributed by atoms with Crippen molar-refractivity contribution in [3.63, 3.8) is 0 Å². The van der Waals surface area contributed by atoms with Gasteiger partial charge in [-0.3, -0.25) is 0 Å². The van der Waals surface area contributed by atoms with Crippen molar-refractivity contribution in [3.05, 3.63) is 42.5 Å². The summed E-state index contributed by atoms with van der Waals surface area (Å²) in [5, 5.41) is 6.29. The standard InChI is InChI=1S/C17H22N2/c1-13(2)18-16-9-10-19(12-16)17-8-7-14-5-3-4-6-15(14)11-17/h3-8,11,13,16,18H,9-10,12H2,1-2H3. The summed E-state index contributed by atoms with van der Waals surface area (Å²) in [4.78, 5) is 2.49. The van der Waals surface area contributed by atoms with Crippen molar-refractivity contribution in [1.82, 2.24) is 5.32 Å². The molecule has 1 aliphatic heterocycles. The van der Waals surface area contributed by atoms with Gasteiger partial charge >= 0.3 is 0 Å². The molecule has 1 fully saturated rings. The maximum Gasteiger partial charge on any atom is 0.0373 e. The highest BCUT2D eigenvalue weighted by Gasteiger charge is 2.22. The van der Waals surface area contributed by atoms with Gasteiger partial charge in [0.2, 0.25) is 0 Å². The smallest absolute Gasteiger partial charge is 0.0373 e. The van der Waals surface area contributed by atoms with E-state index in [0.29, 0.717) is 12.1 Å². The number of benzene rings is 2. The fourth-order valence-corrected chi connectivity index (χ4v) is 2.98. The third-order valence-corrected chi connectivity index (χ3v) is 3.86. The molecule has 3 rings (SSSR count). The van der Waals surface area contributed by atoms with Crippen LogP contribution >= 0.6 is 0 Å². The molecule has 0 saturated carbocycles. The highest BCUT2D eigenvalue weighted by atomic mass is 15.2. The molecule has 1 N–H and O–H groups in total. The van der Waals surface area contributed by atoms with Crippen LogP contribution < -0.4 is 10.2 Å². The van der Waals surface area contributed by atoms with Gasteiger partial charge < -0.3 is 10.2 Å². The van der Waals surface area contributed by atoms with Crippen LogP contribution in [0.4, 0.5) is 5.69 Å². The predicted molar refractivity (Wildman–Crippen MR) is 82.8 cm³/mol. The molecule has 0 amide bonds. The lowest BCUT2D eigenvalue weighted by molar-refractivity contribution is 0.492. The average molecular weight is 254 g/mol. The zero-order valence-corrected chi connectivity index (χ0v) is 11.8. The van der Waals surface area contributed by atoms with Gasteiger partial charge in [-0.2, -0.15) is 0 Å². The Morgan fingerprint density at radius 3 is 2.68 bits per heavy atom. The topological polar surface area (TPSA) is 15.3 Å². The van der Waals surface area contributed by atoms with Crippen molar-refractivity contribution in [3.8, 4) is 0 Å². The van der Waals surface area contributed by atoms with E-state index in [1.807, 2.05) is 0 Å². The van der Waals surface area contributed by atoms with Crippen LogP contribution in [-0.2, 0) is 0 Å². The second kappa shape index (κ2) is 5.22. The fraction of sp³-hybridized carbons (Fsp3) is 0.412. The first-order chi connectivity index (χ1) is 9.22. The Morgan fingerprint density at radius 2 is 1.89 bits per heavy atom. The summed E-state index contributed by atoms with van der Waals surface area (Å²) in [5.41, 5.74) is 1.35. The first-order valence-corrected chi connectivity index (χ1v) is 7.22. The first kappa shape index (κ1) is 12.5. The van der Waals surface area contributed by atoms with Gasteiger partial charge in [-0.05, 0) is 29.3 Å². The van der Waals surface area contributed by atoms with Gasteiger partial charge in [-0.15, -0.1) is 0 Å². The predicted octanol–water partition coefficient (Wildman–Crippen LogP) is 3.42. The van der Waals surface area contributed by atoms with E-state index in [2.05, 4.69) is 66.5 Å². The lowest BCUT2D eigenvalue weighted by Gasteiger charge is -2.20. The Morgan fingerprint density at radius 1 is 1.11 bits per heavy atom. The monoisotopic (exact) mass is 254 g/mol. The summed E-state index contributed by atoms with van der Waals surface area (Å²) in [7, 11) is 0. The molecule has 2 nitrogen and oxygen atoms in total. The van der Waals surface area contributed by atoms with Crippen molar-refractivity contribution >= 4 is 16.5 Å². The second-order valence-corrected chi connectivity index (χ2v) is 5.78. The summed E-state index contributed by atoms with van der Waals surface area (Å²) in [6.45, 7) is 6.72. The van der Waals surface area contributed by atoms with Crippen LogP contribution in [0, 0.1) is 0 Å². The molecule has 1 heterocycles. The van der Waals surface area contributed by atoms with E-state index in [9.17, 15) is 0 Å². The maximum absolute atomic E-state index is 3.64. The Balaban J connectivity index is 1.78. The minimum Gasteiger partial charge on any atom is -0.370 e. The lowest BCUT2D eigenvalue weighted by atomic mass is 10.1. The molecular formula is C17H22N2. The molecule has 2 aromatic rings. The van der Waals surface area contributed by atoms with E-state index >= 15 is 0 Å². The number of hydrogen-bond donors (Lipinski definition) is 1. The number of hydrogen-bond acceptors (Lipinski definition) is 2. The van der Waals surface area contributed by atoms with Crippen LogP contribution in [0.1, 0.15) is 20.3 Å². The number of fused-ring (bicyclic) bond motifs is 1. The third kappa shape index (κ3) is 2.74. The molecule has 19 heavy (non-hydrogen) atoms. The number of anilines is 1. The molecule has 1 atom stereocenters. The molecule has 1 aliphatic rings. The van der Waals surface area contributed by atoms with E-state index in [-0.39, 0.29) is 0 Å². The van der Waals surface area contributed by atoms with Gasteiger partial charge in [0.15, 0.2) is 0 Å². The molecule has 1 unspecified atom stereocenters. The highest BCUT2D eigenvalue weighted by molar-refractivity contribution is 5.85. The molecule has 1 saturated heterocycles. The van der Waals surface area contributed by atoms with Crippen molar-refractivity contribution in [2.24, 2.45) is 0 Å². The van der Waals surface area contributed by atoms with E-state index in [4.69, 9.17) is 0 Å². The van der Waals surface area contributed by atoms with Crippen LogP contribution in [0.2, 0.25) is 0 Å². The van der Waals surface area contributed by atoms with Crippen LogP contribution in [-0.4, -0.2) is 25.2 Å². The van der Waals surface area contributed by atoms with Gasteiger partial charge in [-0.25, -0.2) is 0 Å². The van der Waals surface area contributed by atoms with E-state index in [1.54, 1.807) is 0 Å². The van der Waals surface area contributed by atoms with Gasteiger partial charge in [0.1, 0.15) is 0 Å². The second-order valence-electron chi connectivity index (χ2n) is 5.78. The van der Waals surface area contributed by atoms with Crippen molar-refractivity contribution in [2.45, 2.75) is 32.4 Å². The molecule has 0 spiro atoms. The molecular weight excluding hydrogens is 232 g/mol. The largest absolute Gasteiger partial charge is 0.370 e. The fourth-order valence-electron chi connectivity index (χ4n) is 2.98. The Bertz CT molecular complexity index is 562. The molecule has 2 heteroatoms. The molecule has 0 aliphatic carbocycles. The van der Waals surface area contributed by atoms with Crippen molar-refractivity contribution < 1.29 is 0 Å². The van der Waals surface area contributed by atoms with Crippen molar-refractivity contribution in [2.75, 3.05) is 18.0 Å². The lowest BCUT2D eigenvalue weighted by Crippen LogP contribution is -2.36. The van der Waals surface area contributed by atoms with Crippen LogP contribution in [0.3, 0.4) is 0 Å². The molecule has 0 bridgehead atoms. The summed E-state index contributed by atoms with van der Waals surface area (Å²) in [6, 6.07) is 16.6. The number of nitrogens with one attached hydrogen (secondary N) is 1. The van der Waals surface area contributed by atoms with Gasteiger partial charge in [0.25, 0.3) is 0 Å². The third-order valence-electron chi connectivity index (χ3n) is 3.86. The summed E-state index contributed by atoms with van der Waals surface area (Å²) >= 11 is 0. The van der Waals surface area contributed by atoms with E-state index in [1.165, 1.54) is 22.9 Å². The van der Waals surface area contributed by atoms with E-state index in [0.717, 1.165) is 13.1 Å². The summed E-state index contributed by atoms with van der Waals surface area (Å²) in [6.07, 6.45) is 1.24. The van der Waals surface area contributed by atoms with E-state index < -0.39 is 0 Å². The van der Waals surface area contributed by atoms with Crippen LogP contribution in [0.25, 0.3) is 10.8 Å². The molecule has 0 aromatic heterocycles. The van der Waals surface area contributed by atoms with Crippen LogP contribution in [0.15, 0.2) is 42.5 Å². The van der Waals surface area contributed by atoms with Gasteiger partial charge in [-0.1, -0.05) is 44.2 Å². The first-order valence-electron chi connectivity index (χ1n) is 7.22. The number of rotatable bonds is 3. The number of nitrogens with zero attached hydrogens (tertiary/aromatic N) is 1. The Hall–Kier alpha value is -1.54. The molecule has 0 radical (unpaired) electrons. The minimum absolute atomic E-state index is 0.571.